The predicted octanol–water partition coefficient (Wildman–Crippen LogP) is 1.14. The van der Waals surface area contributed by atoms with Crippen molar-refractivity contribution < 1.29 is 9.18 Å². The fraction of sp³-hybridized carbons (Fsp3) is 0.400. The van der Waals surface area contributed by atoms with Gasteiger partial charge in [-0.15, -0.1) is 0 Å². The first-order valence-electron chi connectivity index (χ1n) is 4.57. The zero-order chi connectivity index (χ0) is 11.5. The minimum absolute atomic E-state index is 0.362. The van der Waals surface area contributed by atoms with E-state index in [1.807, 2.05) is 0 Å². The zero-order valence-corrected chi connectivity index (χ0v) is 8.75. The number of amides is 1. The molecule has 1 amide bonds. The monoisotopic (exact) mass is 211 g/mol. The number of primary amides is 1. The zero-order valence-electron chi connectivity index (χ0n) is 8.75. The number of nitrogens with two attached hydrogens (primary N) is 1. The van der Waals surface area contributed by atoms with Crippen LogP contribution in [0.5, 0.6) is 0 Å². The summed E-state index contributed by atoms with van der Waals surface area (Å²) in [5, 5.41) is 2.91. The van der Waals surface area contributed by atoms with Gasteiger partial charge in [0.05, 0.1) is 11.6 Å². The highest BCUT2D eigenvalue weighted by molar-refractivity contribution is 5.80. The van der Waals surface area contributed by atoms with E-state index in [1.54, 1.807) is 13.8 Å². The van der Waals surface area contributed by atoms with Crippen LogP contribution in [-0.4, -0.2) is 17.4 Å². The van der Waals surface area contributed by atoms with Crippen LogP contribution in [0.25, 0.3) is 0 Å². The van der Waals surface area contributed by atoms with Crippen molar-refractivity contribution in [3.05, 3.63) is 24.1 Å². The Morgan fingerprint density at radius 1 is 1.60 bits per heavy atom. The second-order valence-corrected chi connectivity index (χ2v) is 3.96. The van der Waals surface area contributed by atoms with Crippen molar-refractivity contribution in [2.75, 3.05) is 11.9 Å². The molecular weight excluding hydrogens is 197 g/mol. The van der Waals surface area contributed by atoms with Crippen LogP contribution in [0, 0.1) is 11.2 Å². The summed E-state index contributed by atoms with van der Waals surface area (Å²) in [7, 11) is 0. The Labute approximate surface area is 87.7 Å². The van der Waals surface area contributed by atoms with Crippen LogP contribution in [0.3, 0.4) is 0 Å². The van der Waals surface area contributed by atoms with Gasteiger partial charge in [0, 0.05) is 6.54 Å². The fourth-order valence-electron chi connectivity index (χ4n) is 0.879. The fourth-order valence-corrected chi connectivity index (χ4v) is 0.879. The average molecular weight is 211 g/mol. The van der Waals surface area contributed by atoms with Gasteiger partial charge >= 0.3 is 0 Å². The van der Waals surface area contributed by atoms with Crippen molar-refractivity contribution in [2.45, 2.75) is 13.8 Å². The maximum absolute atomic E-state index is 12.5. The quantitative estimate of drug-likeness (QED) is 0.784. The third-order valence-corrected chi connectivity index (χ3v) is 2.11. The SMILES string of the molecule is CC(C)(CNc1ccc(F)cn1)C(N)=O. The van der Waals surface area contributed by atoms with E-state index < -0.39 is 17.1 Å². The summed E-state index contributed by atoms with van der Waals surface area (Å²) in [6.45, 7) is 3.82. The molecule has 3 N–H and O–H groups in total. The second-order valence-electron chi connectivity index (χ2n) is 3.96. The molecule has 1 aromatic heterocycles. The molecule has 1 rings (SSSR count). The minimum Gasteiger partial charge on any atom is -0.369 e. The lowest BCUT2D eigenvalue weighted by Crippen LogP contribution is -2.37. The number of aromatic nitrogens is 1. The average Bonchev–Trinajstić information content (AvgIpc) is 2.17. The van der Waals surface area contributed by atoms with Crippen LogP contribution < -0.4 is 11.1 Å². The Kier molecular flexibility index (Phi) is 3.24. The molecule has 0 saturated carbocycles. The maximum Gasteiger partial charge on any atom is 0.224 e. The van der Waals surface area contributed by atoms with Gasteiger partial charge in [0.25, 0.3) is 0 Å². The number of hydrogen-bond donors (Lipinski definition) is 2. The minimum atomic E-state index is -0.657. The number of carbonyl (C=O) groups is 1. The van der Waals surface area contributed by atoms with E-state index in [0.717, 1.165) is 6.20 Å². The van der Waals surface area contributed by atoms with Crippen LogP contribution in [0.1, 0.15) is 13.8 Å². The summed E-state index contributed by atoms with van der Waals surface area (Å²) in [5.41, 5.74) is 4.54. The summed E-state index contributed by atoms with van der Waals surface area (Å²) >= 11 is 0. The van der Waals surface area contributed by atoms with Gasteiger partial charge in [-0.1, -0.05) is 0 Å². The van der Waals surface area contributed by atoms with Crippen molar-refractivity contribution in [3.63, 3.8) is 0 Å². The van der Waals surface area contributed by atoms with Crippen molar-refractivity contribution in [1.82, 2.24) is 4.98 Å². The molecule has 0 spiro atoms. The van der Waals surface area contributed by atoms with Gasteiger partial charge in [-0.2, -0.15) is 0 Å². The Bertz CT molecular complexity index is 348. The smallest absolute Gasteiger partial charge is 0.224 e. The molecule has 1 aromatic rings. The van der Waals surface area contributed by atoms with E-state index in [1.165, 1.54) is 12.1 Å². The van der Waals surface area contributed by atoms with Gasteiger partial charge in [-0.25, -0.2) is 9.37 Å². The van der Waals surface area contributed by atoms with E-state index >= 15 is 0 Å². The summed E-state index contributed by atoms with van der Waals surface area (Å²) in [4.78, 5) is 14.8. The van der Waals surface area contributed by atoms with Gasteiger partial charge in [-0.05, 0) is 26.0 Å². The van der Waals surface area contributed by atoms with Gasteiger partial charge < -0.3 is 11.1 Å². The molecule has 0 unspecified atom stereocenters. The number of nitrogens with zero attached hydrogens (tertiary/aromatic N) is 1. The molecule has 5 heteroatoms. The third kappa shape index (κ3) is 3.19. The molecule has 0 bridgehead atoms. The van der Waals surface area contributed by atoms with Gasteiger partial charge in [0.1, 0.15) is 11.6 Å². The molecule has 4 nitrogen and oxygen atoms in total. The van der Waals surface area contributed by atoms with E-state index in [9.17, 15) is 9.18 Å². The molecule has 0 aromatic carbocycles. The number of carbonyl (C=O) groups excluding carboxylic acids is 1. The highest BCUT2D eigenvalue weighted by atomic mass is 19.1. The third-order valence-electron chi connectivity index (χ3n) is 2.11. The van der Waals surface area contributed by atoms with Crippen LogP contribution in [0.2, 0.25) is 0 Å². The normalized spacial score (nSPS) is 11.1. The number of anilines is 1. The Balaban J connectivity index is 2.57. The molecule has 15 heavy (non-hydrogen) atoms. The van der Waals surface area contributed by atoms with Crippen LogP contribution in [0.15, 0.2) is 18.3 Å². The summed E-state index contributed by atoms with van der Waals surface area (Å²) in [5.74, 6) is -0.266. The summed E-state index contributed by atoms with van der Waals surface area (Å²) in [6, 6.07) is 2.80. The first kappa shape index (κ1) is 11.4. The largest absolute Gasteiger partial charge is 0.369 e. The first-order valence-corrected chi connectivity index (χ1v) is 4.57. The molecule has 0 radical (unpaired) electrons. The number of hydrogen-bond acceptors (Lipinski definition) is 3. The van der Waals surface area contributed by atoms with E-state index in [2.05, 4.69) is 10.3 Å². The first-order chi connectivity index (χ1) is 6.92. The molecule has 0 fully saturated rings. The predicted molar refractivity (Wildman–Crippen MR) is 55.7 cm³/mol. The Morgan fingerprint density at radius 3 is 2.73 bits per heavy atom. The number of pyridine rings is 1. The van der Waals surface area contributed by atoms with Gasteiger partial charge in [0.2, 0.25) is 5.91 Å². The number of nitrogens with one attached hydrogen (secondary N) is 1. The van der Waals surface area contributed by atoms with Crippen molar-refractivity contribution >= 4 is 11.7 Å². The van der Waals surface area contributed by atoms with Gasteiger partial charge in [-0.3, -0.25) is 4.79 Å². The molecule has 0 saturated heterocycles. The second kappa shape index (κ2) is 4.25. The van der Waals surface area contributed by atoms with E-state index in [0.29, 0.717) is 12.4 Å². The molecular formula is C10H14FN3O. The van der Waals surface area contributed by atoms with Crippen molar-refractivity contribution in [3.8, 4) is 0 Å². The van der Waals surface area contributed by atoms with Crippen LogP contribution >= 0.6 is 0 Å². The molecule has 0 aliphatic rings. The molecule has 0 aliphatic heterocycles. The molecule has 0 atom stereocenters. The lowest BCUT2D eigenvalue weighted by atomic mass is 9.93. The van der Waals surface area contributed by atoms with Crippen LogP contribution in [-0.2, 0) is 4.79 Å². The molecule has 82 valence electrons. The topological polar surface area (TPSA) is 68.0 Å². The summed E-state index contributed by atoms with van der Waals surface area (Å²) < 4.78 is 12.5. The molecule has 0 aliphatic carbocycles. The Hall–Kier alpha value is -1.65. The highest BCUT2D eigenvalue weighted by Gasteiger charge is 2.24. The molecule has 1 heterocycles. The van der Waals surface area contributed by atoms with Gasteiger partial charge in [0.15, 0.2) is 0 Å². The summed E-state index contributed by atoms with van der Waals surface area (Å²) in [6.07, 6.45) is 1.11. The lowest BCUT2D eigenvalue weighted by Gasteiger charge is -2.20. The number of rotatable bonds is 4. The Morgan fingerprint density at radius 2 is 2.27 bits per heavy atom. The van der Waals surface area contributed by atoms with E-state index in [4.69, 9.17) is 5.73 Å². The standard InChI is InChI=1S/C10H14FN3O/c1-10(2,9(12)15)6-14-8-4-3-7(11)5-13-8/h3-5H,6H2,1-2H3,(H2,12,15)(H,13,14). The highest BCUT2D eigenvalue weighted by Crippen LogP contribution is 2.15. The van der Waals surface area contributed by atoms with Crippen LogP contribution in [0.4, 0.5) is 10.2 Å². The lowest BCUT2D eigenvalue weighted by molar-refractivity contribution is -0.125. The van der Waals surface area contributed by atoms with E-state index in [-0.39, 0.29) is 0 Å². The van der Waals surface area contributed by atoms with Crippen molar-refractivity contribution in [2.24, 2.45) is 11.1 Å². The maximum atomic E-state index is 12.5. The van der Waals surface area contributed by atoms with Crippen molar-refractivity contribution in [1.29, 1.82) is 0 Å². The number of halogens is 1.